The lowest BCUT2D eigenvalue weighted by molar-refractivity contribution is -0.114. The van der Waals surface area contributed by atoms with Crippen LogP contribution in [-0.2, 0) is 27.7 Å². The fourth-order valence-corrected chi connectivity index (χ4v) is 3.93. The molecular weight excluding hydrogens is 398 g/mol. The maximum absolute atomic E-state index is 12.5. The third-order valence-electron chi connectivity index (χ3n) is 4.72. The van der Waals surface area contributed by atoms with E-state index < -0.39 is 15.9 Å². The second-order valence-corrected chi connectivity index (χ2v) is 8.97. The Labute approximate surface area is 177 Å². The number of nitrogens with zero attached hydrogens (tertiary/aromatic N) is 2. The van der Waals surface area contributed by atoms with E-state index in [0.29, 0.717) is 11.4 Å². The van der Waals surface area contributed by atoms with Crippen LogP contribution in [0.4, 0.5) is 11.4 Å². The Kier molecular flexibility index (Phi) is 6.84. The van der Waals surface area contributed by atoms with Gasteiger partial charge < -0.3 is 5.32 Å². The summed E-state index contributed by atoms with van der Waals surface area (Å²) in [6.45, 7) is 1.74. The Bertz CT molecular complexity index is 1080. The molecule has 0 saturated heterocycles. The summed E-state index contributed by atoms with van der Waals surface area (Å²) < 4.78 is 25.6. The molecule has 0 aliphatic rings. The maximum Gasteiger partial charge on any atom is 0.245 e. The fourth-order valence-electron chi connectivity index (χ4n) is 3.07. The predicted octanol–water partition coefficient (Wildman–Crippen LogP) is 3.64. The number of nitrogens with one attached hydrogen (secondary N) is 1. The number of hydrogen-bond acceptors (Lipinski definition) is 4. The highest BCUT2D eigenvalue weighted by Crippen LogP contribution is 2.19. The van der Waals surface area contributed by atoms with Crippen molar-refractivity contribution in [3.05, 3.63) is 89.7 Å². The van der Waals surface area contributed by atoms with Crippen LogP contribution in [-0.4, -0.2) is 32.1 Å². The molecule has 6 nitrogen and oxygen atoms in total. The van der Waals surface area contributed by atoms with E-state index in [2.05, 4.69) is 10.3 Å². The molecule has 0 aliphatic carbocycles. The molecule has 0 aliphatic heterocycles. The van der Waals surface area contributed by atoms with E-state index in [1.807, 2.05) is 55.5 Å². The molecule has 0 spiro atoms. The minimum atomic E-state index is -3.60. The molecule has 2 aromatic carbocycles. The SMILES string of the molecule is CCc1ccc(N(CC(=O)Nc2ccc(Cc3ccncc3)cc2)S(C)(=O)=O)cc1. The number of amides is 1. The fraction of sp³-hybridized carbons (Fsp3) is 0.217. The summed E-state index contributed by atoms with van der Waals surface area (Å²) in [5.41, 5.74) is 4.45. The molecule has 3 aromatic rings. The third-order valence-corrected chi connectivity index (χ3v) is 5.86. The molecule has 0 unspecified atom stereocenters. The van der Waals surface area contributed by atoms with E-state index in [-0.39, 0.29) is 6.54 Å². The van der Waals surface area contributed by atoms with Crippen LogP contribution in [0.3, 0.4) is 0 Å². The van der Waals surface area contributed by atoms with Gasteiger partial charge in [-0.2, -0.15) is 0 Å². The number of rotatable bonds is 8. The molecule has 0 saturated carbocycles. The number of pyridine rings is 1. The zero-order valence-electron chi connectivity index (χ0n) is 17.1. The molecule has 0 radical (unpaired) electrons. The first kappa shape index (κ1) is 21.5. The van der Waals surface area contributed by atoms with Gasteiger partial charge in [-0.1, -0.05) is 31.2 Å². The Hall–Kier alpha value is -3.19. The zero-order valence-corrected chi connectivity index (χ0v) is 17.9. The molecule has 30 heavy (non-hydrogen) atoms. The molecule has 1 aromatic heterocycles. The summed E-state index contributed by atoms with van der Waals surface area (Å²) in [7, 11) is -3.60. The molecule has 3 rings (SSSR count). The van der Waals surface area contributed by atoms with Gasteiger partial charge in [-0.15, -0.1) is 0 Å². The van der Waals surface area contributed by atoms with Crippen molar-refractivity contribution in [3.8, 4) is 0 Å². The molecule has 1 N–H and O–H groups in total. The summed E-state index contributed by atoms with van der Waals surface area (Å²) in [4.78, 5) is 16.5. The van der Waals surface area contributed by atoms with Crippen LogP contribution in [0.15, 0.2) is 73.1 Å². The van der Waals surface area contributed by atoms with Gasteiger partial charge in [0.1, 0.15) is 6.54 Å². The Balaban J connectivity index is 1.66. The molecule has 1 heterocycles. The van der Waals surface area contributed by atoms with Crippen molar-refractivity contribution >= 4 is 27.3 Å². The summed E-state index contributed by atoms with van der Waals surface area (Å²) in [6.07, 6.45) is 6.24. The second kappa shape index (κ2) is 9.54. The average molecular weight is 424 g/mol. The summed E-state index contributed by atoms with van der Waals surface area (Å²) in [5.74, 6) is -0.401. The molecule has 0 fully saturated rings. The van der Waals surface area contributed by atoms with E-state index >= 15 is 0 Å². The predicted molar refractivity (Wildman–Crippen MR) is 120 cm³/mol. The number of sulfonamides is 1. The van der Waals surface area contributed by atoms with Crippen LogP contribution >= 0.6 is 0 Å². The standard InChI is InChI=1S/C23H25N3O3S/c1-3-18-6-10-22(11-7-18)26(30(2,28)29)17-23(27)25-21-8-4-19(5-9-21)16-20-12-14-24-15-13-20/h4-15H,3,16-17H2,1-2H3,(H,25,27). The van der Waals surface area contributed by atoms with Crippen LogP contribution in [0.2, 0.25) is 0 Å². The maximum atomic E-state index is 12.5. The first-order valence-electron chi connectivity index (χ1n) is 9.69. The van der Waals surface area contributed by atoms with Gasteiger partial charge in [-0.05, 0) is 65.9 Å². The van der Waals surface area contributed by atoms with Gasteiger partial charge >= 0.3 is 0 Å². The van der Waals surface area contributed by atoms with Crippen molar-refractivity contribution in [1.29, 1.82) is 0 Å². The molecular formula is C23H25N3O3S. The number of anilines is 2. The number of carbonyl (C=O) groups excluding carboxylic acids is 1. The number of benzene rings is 2. The molecule has 156 valence electrons. The molecule has 0 atom stereocenters. The van der Waals surface area contributed by atoms with Crippen molar-refractivity contribution < 1.29 is 13.2 Å². The summed E-state index contributed by atoms with van der Waals surface area (Å²) in [5, 5.41) is 2.77. The van der Waals surface area contributed by atoms with Crippen LogP contribution in [0.25, 0.3) is 0 Å². The molecule has 0 bridgehead atoms. The topological polar surface area (TPSA) is 79.4 Å². The highest BCUT2D eigenvalue weighted by Gasteiger charge is 2.20. The third kappa shape index (κ3) is 5.90. The van der Waals surface area contributed by atoms with Crippen molar-refractivity contribution in [3.63, 3.8) is 0 Å². The average Bonchev–Trinajstić information content (AvgIpc) is 2.73. The summed E-state index contributed by atoms with van der Waals surface area (Å²) in [6, 6.07) is 18.6. The minimum absolute atomic E-state index is 0.289. The van der Waals surface area contributed by atoms with Crippen LogP contribution in [0.5, 0.6) is 0 Å². The largest absolute Gasteiger partial charge is 0.325 e. The van der Waals surface area contributed by atoms with Crippen molar-refractivity contribution in [2.45, 2.75) is 19.8 Å². The van der Waals surface area contributed by atoms with E-state index in [1.165, 1.54) is 0 Å². The highest BCUT2D eigenvalue weighted by molar-refractivity contribution is 7.92. The van der Waals surface area contributed by atoms with Crippen molar-refractivity contribution in [1.82, 2.24) is 4.98 Å². The number of carbonyl (C=O) groups is 1. The van der Waals surface area contributed by atoms with Gasteiger partial charge in [-0.25, -0.2) is 8.42 Å². The Morgan fingerprint density at radius 2 is 1.47 bits per heavy atom. The lowest BCUT2D eigenvalue weighted by atomic mass is 10.1. The van der Waals surface area contributed by atoms with E-state index in [0.717, 1.165) is 40.1 Å². The van der Waals surface area contributed by atoms with Crippen LogP contribution in [0, 0.1) is 0 Å². The number of hydrogen-bond donors (Lipinski definition) is 1. The van der Waals surface area contributed by atoms with Crippen LogP contribution in [0.1, 0.15) is 23.6 Å². The minimum Gasteiger partial charge on any atom is -0.325 e. The first-order valence-corrected chi connectivity index (χ1v) is 11.5. The second-order valence-electron chi connectivity index (χ2n) is 7.07. The smallest absolute Gasteiger partial charge is 0.245 e. The van der Waals surface area contributed by atoms with Gasteiger partial charge in [0.2, 0.25) is 15.9 Å². The molecule has 1 amide bonds. The van der Waals surface area contributed by atoms with E-state index in [9.17, 15) is 13.2 Å². The lowest BCUT2D eigenvalue weighted by Gasteiger charge is -2.22. The lowest BCUT2D eigenvalue weighted by Crippen LogP contribution is -2.37. The van der Waals surface area contributed by atoms with Gasteiger partial charge in [0, 0.05) is 18.1 Å². The summed E-state index contributed by atoms with van der Waals surface area (Å²) >= 11 is 0. The van der Waals surface area contributed by atoms with E-state index in [4.69, 9.17) is 0 Å². The van der Waals surface area contributed by atoms with Gasteiger partial charge in [0.15, 0.2) is 0 Å². The monoisotopic (exact) mass is 423 g/mol. The van der Waals surface area contributed by atoms with Gasteiger partial charge in [-0.3, -0.25) is 14.1 Å². The van der Waals surface area contributed by atoms with Crippen LogP contribution < -0.4 is 9.62 Å². The number of aryl methyl sites for hydroxylation is 1. The Morgan fingerprint density at radius 1 is 0.900 bits per heavy atom. The van der Waals surface area contributed by atoms with E-state index in [1.54, 1.807) is 24.5 Å². The quantitative estimate of drug-likeness (QED) is 0.600. The van der Waals surface area contributed by atoms with Gasteiger partial charge in [0.05, 0.1) is 11.9 Å². The number of aromatic nitrogens is 1. The molecule has 7 heteroatoms. The highest BCUT2D eigenvalue weighted by atomic mass is 32.2. The normalized spacial score (nSPS) is 11.1. The zero-order chi connectivity index (χ0) is 21.6. The first-order chi connectivity index (χ1) is 14.3. The van der Waals surface area contributed by atoms with Crippen molar-refractivity contribution in [2.75, 3.05) is 22.4 Å². The van der Waals surface area contributed by atoms with Crippen molar-refractivity contribution in [2.24, 2.45) is 0 Å². The van der Waals surface area contributed by atoms with Gasteiger partial charge in [0.25, 0.3) is 0 Å². The Morgan fingerprint density at radius 3 is 2.03 bits per heavy atom.